The maximum Gasteiger partial charge on any atom is 0.125 e. The number of piperazine rings is 1. The van der Waals surface area contributed by atoms with Crippen molar-refractivity contribution in [3.8, 4) is 0 Å². The van der Waals surface area contributed by atoms with Crippen LogP contribution in [0, 0.1) is 12.8 Å². The minimum absolute atomic E-state index is 0.766. The Bertz CT molecular complexity index is 353. The van der Waals surface area contributed by atoms with Gasteiger partial charge in [-0.25, -0.2) is 9.97 Å². The standard InChI is InChI=1S/C14H24N4/c1-12(2)10-17-4-6-18(7-5-17)11-14-8-15-13(3)16-9-14/h8-9,12H,4-7,10-11H2,1-3H3. The third-order valence-electron chi connectivity index (χ3n) is 3.33. The minimum Gasteiger partial charge on any atom is -0.301 e. The van der Waals surface area contributed by atoms with Gasteiger partial charge in [0.2, 0.25) is 0 Å². The van der Waals surface area contributed by atoms with Gasteiger partial charge >= 0.3 is 0 Å². The maximum atomic E-state index is 4.25. The Morgan fingerprint density at radius 2 is 1.61 bits per heavy atom. The van der Waals surface area contributed by atoms with Gasteiger partial charge < -0.3 is 4.90 Å². The smallest absolute Gasteiger partial charge is 0.125 e. The van der Waals surface area contributed by atoms with Crippen molar-refractivity contribution in [3.05, 3.63) is 23.8 Å². The Labute approximate surface area is 110 Å². The van der Waals surface area contributed by atoms with Crippen molar-refractivity contribution in [1.29, 1.82) is 0 Å². The van der Waals surface area contributed by atoms with E-state index in [2.05, 4.69) is 33.6 Å². The number of aromatic nitrogens is 2. The largest absolute Gasteiger partial charge is 0.301 e. The molecule has 2 heterocycles. The Morgan fingerprint density at radius 3 is 2.17 bits per heavy atom. The second-order valence-electron chi connectivity index (χ2n) is 5.61. The van der Waals surface area contributed by atoms with Gasteiger partial charge in [0.1, 0.15) is 5.82 Å². The van der Waals surface area contributed by atoms with E-state index in [0.717, 1.165) is 31.4 Å². The molecule has 1 fully saturated rings. The van der Waals surface area contributed by atoms with Gasteiger partial charge in [-0.1, -0.05) is 13.8 Å². The first-order valence-electron chi connectivity index (χ1n) is 6.85. The topological polar surface area (TPSA) is 32.3 Å². The van der Waals surface area contributed by atoms with Crippen LogP contribution in [-0.2, 0) is 6.54 Å². The number of aryl methyl sites for hydroxylation is 1. The molecule has 0 saturated carbocycles. The van der Waals surface area contributed by atoms with E-state index in [1.165, 1.54) is 25.2 Å². The summed E-state index contributed by atoms with van der Waals surface area (Å²) in [5.41, 5.74) is 1.22. The lowest BCUT2D eigenvalue weighted by atomic mass is 10.2. The number of rotatable bonds is 4. The second-order valence-corrected chi connectivity index (χ2v) is 5.61. The van der Waals surface area contributed by atoms with E-state index in [4.69, 9.17) is 0 Å². The lowest BCUT2D eigenvalue weighted by molar-refractivity contribution is 0.117. The molecule has 0 unspecified atom stereocenters. The third kappa shape index (κ3) is 4.03. The highest BCUT2D eigenvalue weighted by Crippen LogP contribution is 2.08. The van der Waals surface area contributed by atoms with E-state index in [0.29, 0.717) is 0 Å². The lowest BCUT2D eigenvalue weighted by Crippen LogP contribution is -2.46. The van der Waals surface area contributed by atoms with Crippen molar-refractivity contribution in [2.24, 2.45) is 5.92 Å². The fourth-order valence-corrected chi connectivity index (χ4v) is 2.41. The van der Waals surface area contributed by atoms with E-state index in [9.17, 15) is 0 Å². The van der Waals surface area contributed by atoms with Crippen LogP contribution in [0.1, 0.15) is 25.2 Å². The van der Waals surface area contributed by atoms with Crippen LogP contribution < -0.4 is 0 Å². The van der Waals surface area contributed by atoms with Gasteiger partial charge in [0, 0.05) is 57.2 Å². The van der Waals surface area contributed by atoms with Crippen LogP contribution in [0.4, 0.5) is 0 Å². The number of nitrogens with zero attached hydrogens (tertiary/aromatic N) is 4. The monoisotopic (exact) mass is 248 g/mol. The quantitative estimate of drug-likeness (QED) is 0.809. The molecule has 0 spiro atoms. The van der Waals surface area contributed by atoms with E-state index < -0.39 is 0 Å². The zero-order chi connectivity index (χ0) is 13.0. The van der Waals surface area contributed by atoms with Gasteiger partial charge in [0.05, 0.1) is 0 Å². The predicted octanol–water partition coefficient (Wildman–Crippen LogP) is 1.56. The molecule has 1 aliphatic heterocycles. The molecular formula is C14H24N4. The van der Waals surface area contributed by atoms with Gasteiger partial charge in [-0.2, -0.15) is 0 Å². The Hall–Kier alpha value is -1.00. The van der Waals surface area contributed by atoms with Crippen molar-refractivity contribution >= 4 is 0 Å². The molecule has 1 aliphatic rings. The average molecular weight is 248 g/mol. The van der Waals surface area contributed by atoms with Crippen molar-refractivity contribution in [1.82, 2.24) is 19.8 Å². The van der Waals surface area contributed by atoms with E-state index in [1.807, 2.05) is 19.3 Å². The molecular weight excluding hydrogens is 224 g/mol. The lowest BCUT2D eigenvalue weighted by Gasteiger charge is -2.35. The average Bonchev–Trinajstić information content (AvgIpc) is 2.34. The molecule has 4 heteroatoms. The van der Waals surface area contributed by atoms with Gasteiger partial charge in [0.15, 0.2) is 0 Å². The highest BCUT2D eigenvalue weighted by Gasteiger charge is 2.17. The molecule has 4 nitrogen and oxygen atoms in total. The summed E-state index contributed by atoms with van der Waals surface area (Å²) in [6.07, 6.45) is 3.89. The van der Waals surface area contributed by atoms with Gasteiger partial charge in [-0.3, -0.25) is 4.90 Å². The summed E-state index contributed by atoms with van der Waals surface area (Å²) in [4.78, 5) is 13.6. The molecule has 1 aromatic heterocycles. The van der Waals surface area contributed by atoms with Gasteiger partial charge in [-0.05, 0) is 12.8 Å². The molecule has 0 amide bonds. The number of hydrogen-bond acceptors (Lipinski definition) is 4. The SMILES string of the molecule is Cc1ncc(CN2CCN(CC(C)C)CC2)cn1. The van der Waals surface area contributed by atoms with Gasteiger partial charge in [-0.15, -0.1) is 0 Å². The molecule has 0 radical (unpaired) electrons. The molecule has 100 valence electrons. The first-order chi connectivity index (χ1) is 8.63. The van der Waals surface area contributed by atoms with Crippen molar-refractivity contribution < 1.29 is 0 Å². The summed E-state index contributed by atoms with van der Waals surface area (Å²) in [6.45, 7) is 13.4. The molecule has 18 heavy (non-hydrogen) atoms. The summed E-state index contributed by atoms with van der Waals surface area (Å²) in [7, 11) is 0. The first kappa shape index (κ1) is 13.4. The Balaban J connectivity index is 1.78. The third-order valence-corrected chi connectivity index (χ3v) is 3.33. The van der Waals surface area contributed by atoms with Crippen LogP contribution in [0.3, 0.4) is 0 Å². The van der Waals surface area contributed by atoms with Crippen LogP contribution in [0.2, 0.25) is 0 Å². The predicted molar refractivity (Wildman–Crippen MR) is 73.3 cm³/mol. The van der Waals surface area contributed by atoms with E-state index in [-0.39, 0.29) is 0 Å². The van der Waals surface area contributed by atoms with Crippen LogP contribution >= 0.6 is 0 Å². The molecule has 0 bridgehead atoms. The Morgan fingerprint density at radius 1 is 1.06 bits per heavy atom. The summed E-state index contributed by atoms with van der Waals surface area (Å²) in [5, 5.41) is 0. The minimum atomic E-state index is 0.766. The molecule has 2 rings (SSSR count). The van der Waals surface area contributed by atoms with Crippen LogP contribution in [0.15, 0.2) is 12.4 Å². The van der Waals surface area contributed by atoms with Crippen molar-refractivity contribution in [3.63, 3.8) is 0 Å². The molecule has 0 atom stereocenters. The zero-order valence-corrected chi connectivity index (χ0v) is 11.8. The summed E-state index contributed by atoms with van der Waals surface area (Å²) < 4.78 is 0. The fraction of sp³-hybridized carbons (Fsp3) is 0.714. The molecule has 0 aliphatic carbocycles. The maximum absolute atomic E-state index is 4.25. The highest BCUT2D eigenvalue weighted by molar-refractivity contribution is 5.04. The highest BCUT2D eigenvalue weighted by atomic mass is 15.3. The van der Waals surface area contributed by atoms with Gasteiger partial charge in [0.25, 0.3) is 0 Å². The van der Waals surface area contributed by atoms with Crippen molar-refractivity contribution in [2.75, 3.05) is 32.7 Å². The second kappa shape index (κ2) is 6.25. The molecule has 0 N–H and O–H groups in total. The fourth-order valence-electron chi connectivity index (χ4n) is 2.41. The summed E-state index contributed by atoms with van der Waals surface area (Å²) in [5.74, 6) is 1.61. The van der Waals surface area contributed by atoms with Crippen molar-refractivity contribution in [2.45, 2.75) is 27.3 Å². The normalized spacial score (nSPS) is 18.4. The van der Waals surface area contributed by atoms with E-state index in [1.54, 1.807) is 0 Å². The Kier molecular flexibility index (Phi) is 4.66. The molecule has 1 aromatic rings. The molecule has 0 aromatic carbocycles. The molecule has 1 saturated heterocycles. The summed E-state index contributed by atoms with van der Waals surface area (Å²) >= 11 is 0. The van der Waals surface area contributed by atoms with Crippen LogP contribution in [0.5, 0.6) is 0 Å². The zero-order valence-electron chi connectivity index (χ0n) is 11.8. The van der Waals surface area contributed by atoms with Crippen LogP contribution in [0.25, 0.3) is 0 Å². The summed E-state index contributed by atoms with van der Waals surface area (Å²) in [6, 6.07) is 0. The van der Waals surface area contributed by atoms with Crippen LogP contribution in [-0.4, -0.2) is 52.5 Å². The first-order valence-corrected chi connectivity index (χ1v) is 6.85. The number of hydrogen-bond donors (Lipinski definition) is 0. The van der Waals surface area contributed by atoms with E-state index >= 15 is 0 Å².